The lowest BCUT2D eigenvalue weighted by Crippen LogP contribution is -2.35. The van der Waals surface area contributed by atoms with Crippen LogP contribution in [0, 0.1) is 26.7 Å². The normalized spacial score (nSPS) is 14.7. The molecule has 1 aliphatic rings. The van der Waals surface area contributed by atoms with Gasteiger partial charge in [0.05, 0.1) is 16.1 Å². The quantitative estimate of drug-likeness (QED) is 0.450. The highest BCUT2D eigenvalue weighted by atomic mass is 32.2. The van der Waals surface area contributed by atoms with Gasteiger partial charge in [0.25, 0.3) is 10.0 Å². The average Bonchev–Trinajstić information content (AvgIpc) is 2.82. The number of benzene rings is 3. The molecule has 0 saturated carbocycles. The van der Waals surface area contributed by atoms with Gasteiger partial charge in [-0.3, -0.25) is 4.72 Å². The third-order valence-electron chi connectivity index (χ3n) is 6.88. The molecule has 0 amide bonds. The first-order valence-electron chi connectivity index (χ1n) is 11.9. The van der Waals surface area contributed by atoms with Gasteiger partial charge in [0.15, 0.2) is 0 Å². The number of rotatable bonds is 7. The van der Waals surface area contributed by atoms with Crippen LogP contribution in [0.5, 0.6) is 0 Å². The van der Waals surface area contributed by atoms with Crippen molar-refractivity contribution in [3.8, 4) is 0 Å². The van der Waals surface area contributed by atoms with Crippen LogP contribution in [0.25, 0.3) is 0 Å². The molecule has 0 aliphatic carbocycles. The highest BCUT2D eigenvalue weighted by Crippen LogP contribution is 2.31. The molecule has 1 saturated heterocycles. The lowest BCUT2D eigenvalue weighted by Gasteiger charge is -2.34. The van der Waals surface area contributed by atoms with Gasteiger partial charge in [-0.05, 0) is 92.5 Å². The molecule has 0 atom stereocenters. The number of anilines is 2. The van der Waals surface area contributed by atoms with Crippen molar-refractivity contribution in [1.82, 2.24) is 0 Å². The Morgan fingerprint density at radius 2 is 1.60 bits per heavy atom. The van der Waals surface area contributed by atoms with Crippen LogP contribution in [0.15, 0.2) is 65.6 Å². The van der Waals surface area contributed by atoms with Gasteiger partial charge >= 0.3 is 5.97 Å². The minimum atomic E-state index is -3.86. The Kier molecular flexibility index (Phi) is 7.17. The molecule has 0 aromatic heterocycles. The number of nitrogens with zero attached hydrogens (tertiary/aromatic N) is 1. The number of carboxylic acids is 1. The number of carboxylic acid groups (broad SMARTS) is 1. The van der Waals surface area contributed by atoms with Crippen LogP contribution in [0.3, 0.4) is 0 Å². The molecule has 3 aromatic rings. The van der Waals surface area contributed by atoms with Crippen LogP contribution in [0.4, 0.5) is 11.4 Å². The summed E-state index contributed by atoms with van der Waals surface area (Å²) in [5.41, 5.74) is 4.84. The van der Waals surface area contributed by atoms with Crippen molar-refractivity contribution in [2.24, 2.45) is 5.92 Å². The lowest BCUT2D eigenvalue weighted by atomic mass is 9.90. The molecular formula is C28H32N2O4S. The van der Waals surface area contributed by atoms with Gasteiger partial charge in [-0.2, -0.15) is 0 Å². The largest absolute Gasteiger partial charge is 0.478 e. The summed E-state index contributed by atoms with van der Waals surface area (Å²) >= 11 is 0. The van der Waals surface area contributed by atoms with Crippen molar-refractivity contribution < 1.29 is 18.3 Å². The number of nitrogens with one attached hydrogen (secondary N) is 1. The Morgan fingerprint density at radius 3 is 2.26 bits per heavy atom. The molecule has 1 fully saturated rings. The molecule has 3 aromatic carbocycles. The maximum absolute atomic E-state index is 13.1. The molecule has 2 N–H and O–H groups in total. The van der Waals surface area contributed by atoms with Crippen LogP contribution >= 0.6 is 0 Å². The minimum Gasteiger partial charge on any atom is -0.478 e. The molecule has 0 unspecified atom stereocenters. The molecule has 6 nitrogen and oxygen atoms in total. The standard InChI is InChI=1S/C28H32N2O4S/c1-19-15-21(3)27(16-20(19)2)35(33,34)29-24-9-10-26(25(18-24)28(31)32)30-13-11-23(12-14-30)17-22-7-5-4-6-8-22/h4-10,15-16,18,23,29H,11-14,17H2,1-3H3,(H,31,32). The fraction of sp³-hybridized carbons (Fsp3) is 0.321. The second kappa shape index (κ2) is 10.1. The second-order valence-corrected chi connectivity index (χ2v) is 11.1. The van der Waals surface area contributed by atoms with E-state index in [0.717, 1.165) is 43.5 Å². The van der Waals surface area contributed by atoms with Crippen LogP contribution in [0.2, 0.25) is 0 Å². The van der Waals surface area contributed by atoms with Crippen molar-refractivity contribution in [3.05, 3.63) is 88.5 Å². The first-order chi connectivity index (χ1) is 16.6. The van der Waals surface area contributed by atoms with Gasteiger partial charge in [-0.25, -0.2) is 13.2 Å². The fourth-order valence-corrected chi connectivity index (χ4v) is 6.17. The first-order valence-corrected chi connectivity index (χ1v) is 13.4. The van der Waals surface area contributed by atoms with Crippen LogP contribution in [0.1, 0.15) is 45.5 Å². The highest BCUT2D eigenvalue weighted by Gasteiger charge is 2.25. The predicted octanol–water partition coefficient (Wildman–Crippen LogP) is 5.57. The molecular weight excluding hydrogens is 460 g/mol. The summed E-state index contributed by atoms with van der Waals surface area (Å²) in [5, 5.41) is 9.89. The van der Waals surface area contributed by atoms with Crippen molar-refractivity contribution >= 4 is 27.4 Å². The minimum absolute atomic E-state index is 0.100. The van der Waals surface area contributed by atoms with E-state index in [2.05, 4.69) is 33.9 Å². The Balaban J connectivity index is 1.51. The summed E-state index contributed by atoms with van der Waals surface area (Å²) < 4.78 is 28.7. The van der Waals surface area contributed by atoms with Gasteiger partial charge in [0.1, 0.15) is 0 Å². The molecule has 1 heterocycles. The van der Waals surface area contributed by atoms with E-state index >= 15 is 0 Å². The number of hydrogen-bond donors (Lipinski definition) is 2. The van der Waals surface area contributed by atoms with E-state index in [9.17, 15) is 18.3 Å². The van der Waals surface area contributed by atoms with Crippen molar-refractivity contribution in [2.75, 3.05) is 22.7 Å². The SMILES string of the molecule is Cc1cc(C)c(S(=O)(=O)Nc2ccc(N3CCC(Cc4ccccc4)CC3)c(C(=O)O)c2)cc1C. The number of aromatic carboxylic acids is 1. The Bertz CT molecular complexity index is 1330. The Hall–Kier alpha value is -3.32. The maximum atomic E-state index is 13.1. The number of piperidine rings is 1. The van der Waals surface area contributed by atoms with Crippen molar-refractivity contribution in [1.29, 1.82) is 0 Å². The summed E-state index contributed by atoms with van der Waals surface area (Å²) in [6, 6.07) is 18.7. The third-order valence-corrected chi connectivity index (χ3v) is 8.41. The number of hydrogen-bond acceptors (Lipinski definition) is 4. The molecule has 35 heavy (non-hydrogen) atoms. The van der Waals surface area contributed by atoms with E-state index in [1.165, 1.54) is 11.6 Å². The summed E-state index contributed by atoms with van der Waals surface area (Å²) in [6.07, 6.45) is 2.99. The molecule has 184 valence electrons. The topological polar surface area (TPSA) is 86.7 Å². The summed E-state index contributed by atoms with van der Waals surface area (Å²) in [7, 11) is -3.86. The van der Waals surface area contributed by atoms with Crippen LogP contribution < -0.4 is 9.62 Å². The van der Waals surface area contributed by atoms with E-state index < -0.39 is 16.0 Å². The van der Waals surface area contributed by atoms with Gasteiger partial charge in [-0.1, -0.05) is 36.4 Å². The van der Waals surface area contributed by atoms with Gasteiger partial charge < -0.3 is 10.0 Å². The monoisotopic (exact) mass is 492 g/mol. The first kappa shape index (κ1) is 24.8. The fourth-order valence-electron chi connectivity index (χ4n) is 4.81. The van der Waals surface area contributed by atoms with Crippen molar-refractivity contribution in [2.45, 2.75) is 44.9 Å². The molecule has 0 spiro atoms. The lowest BCUT2D eigenvalue weighted by molar-refractivity contribution is 0.0697. The molecule has 1 aliphatic heterocycles. The average molecular weight is 493 g/mol. The van der Waals surface area contributed by atoms with E-state index in [0.29, 0.717) is 17.2 Å². The van der Waals surface area contributed by atoms with E-state index in [-0.39, 0.29) is 16.1 Å². The smallest absolute Gasteiger partial charge is 0.337 e. The van der Waals surface area contributed by atoms with E-state index in [1.54, 1.807) is 25.1 Å². The summed E-state index contributed by atoms with van der Waals surface area (Å²) in [4.78, 5) is 14.4. The second-order valence-electron chi connectivity index (χ2n) is 9.46. The molecule has 4 rings (SSSR count). The van der Waals surface area contributed by atoms with E-state index in [4.69, 9.17) is 0 Å². The summed E-state index contributed by atoms with van der Waals surface area (Å²) in [6.45, 7) is 7.10. The van der Waals surface area contributed by atoms with Crippen LogP contribution in [-0.4, -0.2) is 32.6 Å². The van der Waals surface area contributed by atoms with Gasteiger partial charge in [-0.15, -0.1) is 0 Å². The van der Waals surface area contributed by atoms with Gasteiger partial charge in [0.2, 0.25) is 0 Å². The Morgan fingerprint density at radius 1 is 0.943 bits per heavy atom. The zero-order chi connectivity index (χ0) is 25.2. The predicted molar refractivity (Wildman–Crippen MR) is 140 cm³/mol. The van der Waals surface area contributed by atoms with E-state index in [1.807, 2.05) is 26.0 Å². The number of sulfonamides is 1. The third kappa shape index (κ3) is 5.68. The number of carbonyl (C=O) groups is 1. The van der Waals surface area contributed by atoms with Crippen molar-refractivity contribution in [3.63, 3.8) is 0 Å². The highest BCUT2D eigenvalue weighted by molar-refractivity contribution is 7.92. The molecule has 0 bridgehead atoms. The summed E-state index contributed by atoms with van der Waals surface area (Å²) in [5.74, 6) is -0.510. The maximum Gasteiger partial charge on any atom is 0.337 e. The zero-order valence-electron chi connectivity index (χ0n) is 20.4. The Labute approximate surface area is 207 Å². The van der Waals surface area contributed by atoms with Gasteiger partial charge in [0, 0.05) is 18.8 Å². The zero-order valence-corrected chi connectivity index (χ0v) is 21.2. The number of aryl methyl sites for hydroxylation is 3. The van der Waals surface area contributed by atoms with Crippen LogP contribution in [-0.2, 0) is 16.4 Å². The molecule has 0 radical (unpaired) electrons. The molecule has 7 heteroatoms.